The lowest BCUT2D eigenvalue weighted by atomic mass is 10.1. The number of halogens is 1. The number of hydrogen-bond donors (Lipinski definition) is 1. The summed E-state index contributed by atoms with van der Waals surface area (Å²) >= 11 is 0. The Morgan fingerprint density at radius 3 is 2.71 bits per heavy atom. The van der Waals surface area contributed by atoms with Gasteiger partial charge in [-0.3, -0.25) is 4.98 Å². The van der Waals surface area contributed by atoms with Gasteiger partial charge in [0.05, 0.1) is 22.9 Å². The van der Waals surface area contributed by atoms with Crippen molar-refractivity contribution >= 4 is 16.6 Å². The van der Waals surface area contributed by atoms with Gasteiger partial charge in [-0.05, 0) is 63.0 Å². The van der Waals surface area contributed by atoms with Crippen LogP contribution in [0.4, 0.5) is 4.39 Å². The number of piperidine rings is 1. The fraction of sp³-hybridized carbons (Fsp3) is 0.381. The molecule has 4 aromatic rings. The quantitative estimate of drug-likeness (QED) is 0.591. The molecular weight excluding hydrogens is 355 g/mol. The topological polar surface area (TPSA) is 60.0 Å². The third-order valence-electron chi connectivity index (χ3n) is 5.54. The summed E-state index contributed by atoms with van der Waals surface area (Å²) in [4.78, 5) is 6.33. The SMILES string of the molecule is CCc1nc(C)cn2cc(-c3cc(F)c4nn(C5CCNCC5)nc4c3)cc12. The number of aryl methyl sites for hydroxylation is 2. The van der Waals surface area contributed by atoms with Gasteiger partial charge in [-0.15, -0.1) is 5.10 Å². The van der Waals surface area contributed by atoms with Crippen molar-refractivity contribution in [2.75, 3.05) is 13.1 Å². The summed E-state index contributed by atoms with van der Waals surface area (Å²) in [7, 11) is 0. The van der Waals surface area contributed by atoms with E-state index in [4.69, 9.17) is 0 Å². The minimum absolute atomic E-state index is 0.231. The molecule has 7 heteroatoms. The molecule has 0 unspecified atom stereocenters. The lowest BCUT2D eigenvalue weighted by molar-refractivity contribution is 0.316. The second kappa shape index (κ2) is 6.67. The van der Waals surface area contributed by atoms with Crippen LogP contribution in [0.2, 0.25) is 0 Å². The predicted octanol–water partition coefficient (Wildman–Crippen LogP) is 3.68. The average Bonchev–Trinajstić information content (AvgIpc) is 3.32. The Morgan fingerprint density at radius 2 is 1.93 bits per heavy atom. The molecule has 1 aliphatic rings. The van der Waals surface area contributed by atoms with Gasteiger partial charge in [0.15, 0.2) is 5.82 Å². The molecule has 0 spiro atoms. The number of hydrogen-bond acceptors (Lipinski definition) is 4. The fourth-order valence-electron chi connectivity index (χ4n) is 4.10. The van der Waals surface area contributed by atoms with Gasteiger partial charge in [0.25, 0.3) is 0 Å². The lowest BCUT2D eigenvalue weighted by Gasteiger charge is -2.21. The average molecular weight is 378 g/mol. The number of fused-ring (bicyclic) bond motifs is 2. The van der Waals surface area contributed by atoms with Gasteiger partial charge in [0, 0.05) is 18.0 Å². The smallest absolute Gasteiger partial charge is 0.153 e. The van der Waals surface area contributed by atoms with Crippen molar-refractivity contribution in [1.82, 2.24) is 29.7 Å². The highest BCUT2D eigenvalue weighted by molar-refractivity contribution is 5.83. The summed E-state index contributed by atoms with van der Waals surface area (Å²) in [6.45, 7) is 5.98. The first-order valence-electron chi connectivity index (χ1n) is 9.88. The standard InChI is InChI=1S/C21H23FN6/c1-3-18-20-10-15(12-27(20)11-13(2)24-18)14-8-17(22)21-19(9-14)25-28(26-21)16-4-6-23-7-5-16/h8-12,16,23H,3-7H2,1-2H3. The molecule has 0 radical (unpaired) electrons. The van der Waals surface area contributed by atoms with Gasteiger partial charge in [-0.25, -0.2) is 4.39 Å². The molecule has 5 rings (SSSR count). The number of benzene rings is 1. The molecule has 28 heavy (non-hydrogen) atoms. The van der Waals surface area contributed by atoms with E-state index in [2.05, 4.69) is 37.9 Å². The number of nitrogens with one attached hydrogen (secondary N) is 1. The maximum atomic E-state index is 14.8. The zero-order chi connectivity index (χ0) is 19.3. The van der Waals surface area contributed by atoms with E-state index < -0.39 is 0 Å². The first-order valence-corrected chi connectivity index (χ1v) is 9.88. The van der Waals surface area contributed by atoms with Crippen molar-refractivity contribution in [3.8, 4) is 11.1 Å². The number of aromatic nitrogens is 5. The van der Waals surface area contributed by atoms with E-state index in [1.165, 1.54) is 0 Å². The highest BCUT2D eigenvalue weighted by Crippen LogP contribution is 2.29. The maximum Gasteiger partial charge on any atom is 0.153 e. The maximum absolute atomic E-state index is 14.8. The second-order valence-electron chi connectivity index (χ2n) is 7.53. The third-order valence-corrected chi connectivity index (χ3v) is 5.54. The molecule has 0 atom stereocenters. The number of nitrogens with zero attached hydrogens (tertiary/aromatic N) is 5. The Kier molecular flexibility index (Phi) is 4.12. The molecule has 0 saturated carbocycles. The van der Waals surface area contributed by atoms with Gasteiger partial charge in [-0.1, -0.05) is 6.92 Å². The third kappa shape index (κ3) is 2.86. The molecule has 1 aromatic carbocycles. The van der Waals surface area contributed by atoms with E-state index in [0.29, 0.717) is 11.0 Å². The molecule has 6 nitrogen and oxygen atoms in total. The van der Waals surface area contributed by atoms with Crippen molar-refractivity contribution in [3.05, 3.63) is 47.8 Å². The zero-order valence-corrected chi connectivity index (χ0v) is 16.1. The van der Waals surface area contributed by atoms with Crippen molar-refractivity contribution in [2.45, 2.75) is 39.2 Å². The van der Waals surface area contributed by atoms with Crippen LogP contribution in [0.3, 0.4) is 0 Å². The predicted molar refractivity (Wildman–Crippen MR) is 107 cm³/mol. The Bertz CT molecular complexity index is 1170. The Morgan fingerprint density at radius 1 is 1.11 bits per heavy atom. The highest BCUT2D eigenvalue weighted by Gasteiger charge is 2.20. The van der Waals surface area contributed by atoms with Crippen molar-refractivity contribution in [2.24, 2.45) is 0 Å². The van der Waals surface area contributed by atoms with Gasteiger partial charge in [-0.2, -0.15) is 9.90 Å². The summed E-state index contributed by atoms with van der Waals surface area (Å²) in [5.41, 5.74) is 5.79. The normalized spacial score (nSPS) is 15.7. The Balaban J connectivity index is 1.60. The zero-order valence-electron chi connectivity index (χ0n) is 16.1. The minimum atomic E-state index is -0.326. The molecule has 144 valence electrons. The van der Waals surface area contributed by atoms with Crippen LogP contribution in [0.1, 0.15) is 37.2 Å². The lowest BCUT2D eigenvalue weighted by Crippen LogP contribution is -2.30. The van der Waals surface area contributed by atoms with Crippen molar-refractivity contribution in [3.63, 3.8) is 0 Å². The molecule has 4 heterocycles. The summed E-state index contributed by atoms with van der Waals surface area (Å²) in [5, 5.41) is 12.4. The first kappa shape index (κ1) is 17.3. The van der Waals surface area contributed by atoms with E-state index in [1.807, 2.05) is 25.4 Å². The molecule has 0 bridgehead atoms. The summed E-state index contributed by atoms with van der Waals surface area (Å²) in [6, 6.07) is 5.80. The summed E-state index contributed by atoms with van der Waals surface area (Å²) in [5.74, 6) is -0.326. The molecule has 1 fully saturated rings. The highest BCUT2D eigenvalue weighted by atomic mass is 19.1. The molecule has 1 aliphatic heterocycles. The van der Waals surface area contributed by atoms with Gasteiger partial charge >= 0.3 is 0 Å². The van der Waals surface area contributed by atoms with E-state index in [9.17, 15) is 4.39 Å². The molecule has 1 N–H and O–H groups in total. The van der Waals surface area contributed by atoms with E-state index in [1.54, 1.807) is 10.9 Å². The van der Waals surface area contributed by atoms with Crippen LogP contribution >= 0.6 is 0 Å². The van der Waals surface area contributed by atoms with E-state index in [-0.39, 0.29) is 11.9 Å². The van der Waals surface area contributed by atoms with Gasteiger partial charge in [0.1, 0.15) is 11.0 Å². The van der Waals surface area contributed by atoms with Crippen LogP contribution in [-0.2, 0) is 6.42 Å². The first-order chi connectivity index (χ1) is 13.6. The monoisotopic (exact) mass is 378 g/mol. The van der Waals surface area contributed by atoms with Crippen LogP contribution in [0.5, 0.6) is 0 Å². The van der Waals surface area contributed by atoms with Crippen molar-refractivity contribution < 1.29 is 4.39 Å². The van der Waals surface area contributed by atoms with Crippen LogP contribution < -0.4 is 5.32 Å². The molecule has 1 saturated heterocycles. The van der Waals surface area contributed by atoms with Crippen LogP contribution in [0, 0.1) is 12.7 Å². The summed E-state index contributed by atoms with van der Waals surface area (Å²) < 4.78 is 16.9. The molecular formula is C21H23FN6. The van der Waals surface area contributed by atoms with Crippen LogP contribution in [0.25, 0.3) is 27.7 Å². The Labute approximate surface area is 162 Å². The molecule has 3 aromatic heterocycles. The largest absolute Gasteiger partial charge is 0.320 e. The second-order valence-corrected chi connectivity index (χ2v) is 7.53. The molecule has 0 amide bonds. The van der Waals surface area contributed by atoms with Gasteiger partial charge in [0.2, 0.25) is 0 Å². The van der Waals surface area contributed by atoms with Crippen LogP contribution in [0.15, 0.2) is 30.6 Å². The Hall–Kier alpha value is -2.80. The van der Waals surface area contributed by atoms with Crippen LogP contribution in [-0.4, -0.2) is 37.5 Å². The van der Waals surface area contributed by atoms with Gasteiger partial charge < -0.3 is 9.72 Å². The van der Waals surface area contributed by atoms with Crippen molar-refractivity contribution in [1.29, 1.82) is 0 Å². The summed E-state index contributed by atoms with van der Waals surface area (Å²) in [6.07, 6.45) is 6.81. The fourth-order valence-corrected chi connectivity index (χ4v) is 4.10. The molecule has 0 aliphatic carbocycles. The van der Waals surface area contributed by atoms with E-state index in [0.717, 1.165) is 60.4 Å². The van der Waals surface area contributed by atoms with E-state index >= 15 is 0 Å². The number of rotatable bonds is 3. The minimum Gasteiger partial charge on any atom is -0.320 e.